The van der Waals surface area contributed by atoms with Gasteiger partial charge in [0.05, 0.1) is 10.6 Å². The molecule has 0 aromatic carbocycles. The second-order valence-corrected chi connectivity index (χ2v) is 5.82. The van der Waals surface area contributed by atoms with Crippen LogP contribution in [0.15, 0.2) is 11.0 Å². The normalized spacial score (nSPS) is 21.4. The Kier molecular flexibility index (Phi) is 3.06. The molecule has 1 N–H and O–H groups in total. The number of fused-ring (bicyclic) bond motifs is 1. The number of hydrogen-bond donors (Lipinski definition) is 1. The van der Waals surface area contributed by atoms with Crippen LogP contribution < -0.4 is 16.0 Å². The average molecular weight is 315 g/mol. The van der Waals surface area contributed by atoms with Gasteiger partial charge in [-0.2, -0.15) is 0 Å². The van der Waals surface area contributed by atoms with Crippen molar-refractivity contribution in [2.45, 2.75) is 31.3 Å². The van der Waals surface area contributed by atoms with Crippen LogP contribution in [0, 0.1) is 0 Å². The van der Waals surface area contributed by atoms with Gasteiger partial charge in [-0.05, 0) is 25.8 Å². The van der Waals surface area contributed by atoms with E-state index in [1.165, 1.54) is 10.6 Å². The number of halogens is 2. The lowest BCUT2D eigenvalue weighted by Gasteiger charge is -2.24. The van der Waals surface area contributed by atoms with Crippen molar-refractivity contribution >= 4 is 41.1 Å². The third kappa shape index (κ3) is 1.93. The monoisotopic (exact) mass is 314 g/mol. The van der Waals surface area contributed by atoms with Crippen LogP contribution in [0.1, 0.15) is 36.2 Å². The highest BCUT2D eigenvalue weighted by Gasteiger charge is 2.29. The summed E-state index contributed by atoms with van der Waals surface area (Å²) >= 11 is 12.2. The topological polar surface area (TPSA) is 62.5 Å². The zero-order valence-electron chi connectivity index (χ0n) is 10.6. The summed E-state index contributed by atoms with van der Waals surface area (Å²) in [6, 6.07) is 0.234. The van der Waals surface area contributed by atoms with E-state index in [0.29, 0.717) is 16.3 Å². The van der Waals surface area contributed by atoms with Crippen molar-refractivity contribution < 1.29 is 9.90 Å². The first-order valence-electron chi connectivity index (χ1n) is 6.22. The molecule has 1 atom stereocenters. The highest BCUT2D eigenvalue weighted by molar-refractivity contribution is 6.29. The molecule has 106 valence electrons. The maximum absolute atomic E-state index is 12.3. The molecule has 1 aromatic heterocycles. The summed E-state index contributed by atoms with van der Waals surface area (Å²) in [4.78, 5) is 23.6. The van der Waals surface area contributed by atoms with Gasteiger partial charge in [-0.15, -0.1) is 0 Å². The summed E-state index contributed by atoms with van der Waals surface area (Å²) in [5, 5.41) is 10.2. The Bertz CT molecular complexity index is 780. The predicted octanol–water partition coefficient (Wildman–Crippen LogP) is 0.824. The van der Waals surface area contributed by atoms with E-state index in [0.717, 1.165) is 12.8 Å². The zero-order chi connectivity index (χ0) is 14.6. The first-order valence-corrected chi connectivity index (χ1v) is 6.99. The Balaban J connectivity index is 2.49. The van der Waals surface area contributed by atoms with Crippen LogP contribution >= 0.6 is 23.4 Å². The lowest BCUT2D eigenvalue weighted by molar-refractivity contribution is 0.0694. The number of carbonyl (C=O) groups is 1. The van der Waals surface area contributed by atoms with Crippen LogP contribution in [0.25, 0.3) is 11.8 Å². The molecule has 1 fully saturated rings. The third-order valence-corrected chi connectivity index (χ3v) is 4.52. The Morgan fingerprint density at radius 3 is 2.65 bits per heavy atom. The second-order valence-electron chi connectivity index (χ2n) is 5.01. The first kappa shape index (κ1) is 13.5. The van der Waals surface area contributed by atoms with Crippen molar-refractivity contribution in [2.75, 3.05) is 0 Å². The van der Waals surface area contributed by atoms with Crippen LogP contribution in [0.2, 0.25) is 0 Å². The second kappa shape index (κ2) is 4.53. The van der Waals surface area contributed by atoms with Crippen molar-refractivity contribution in [3.63, 3.8) is 0 Å². The maximum Gasteiger partial charge on any atom is 0.341 e. The molecule has 1 saturated carbocycles. The van der Waals surface area contributed by atoms with Crippen molar-refractivity contribution in [1.29, 1.82) is 0 Å². The molecule has 3 rings (SSSR count). The number of alkyl halides is 1. The summed E-state index contributed by atoms with van der Waals surface area (Å²) in [6.07, 6.45) is 5.04. The third-order valence-electron chi connectivity index (χ3n) is 3.64. The van der Waals surface area contributed by atoms with Crippen LogP contribution in [0.5, 0.6) is 0 Å². The Morgan fingerprint density at radius 1 is 1.45 bits per heavy atom. The Morgan fingerprint density at radius 2 is 2.10 bits per heavy atom. The quantitative estimate of drug-likeness (QED) is 0.499. The van der Waals surface area contributed by atoms with Crippen molar-refractivity contribution in [3.8, 4) is 0 Å². The average Bonchev–Trinajstić information content (AvgIpc) is 3.20. The van der Waals surface area contributed by atoms with Gasteiger partial charge in [0.1, 0.15) is 11.1 Å². The van der Waals surface area contributed by atoms with E-state index in [1.807, 2.05) is 4.57 Å². The molecule has 0 bridgehead atoms. The van der Waals surface area contributed by atoms with Crippen molar-refractivity contribution in [1.82, 2.24) is 8.99 Å². The van der Waals surface area contributed by atoms with E-state index in [-0.39, 0.29) is 11.6 Å². The van der Waals surface area contributed by atoms with E-state index in [4.69, 9.17) is 23.4 Å². The minimum absolute atomic E-state index is 0.234. The molecule has 5 nitrogen and oxygen atoms in total. The number of aromatic nitrogens is 1. The number of hydrogen-bond acceptors (Lipinski definition) is 3. The molecule has 1 aliphatic carbocycles. The van der Waals surface area contributed by atoms with Crippen LogP contribution in [-0.4, -0.2) is 25.6 Å². The molecular weight excluding hydrogens is 303 g/mol. The van der Waals surface area contributed by atoms with Crippen LogP contribution in [0.4, 0.5) is 0 Å². The van der Waals surface area contributed by atoms with Crippen LogP contribution in [0.3, 0.4) is 0 Å². The predicted molar refractivity (Wildman–Crippen MR) is 76.1 cm³/mol. The summed E-state index contributed by atoms with van der Waals surface area (Å²) in [5.41, 5.74) is -0.843. The minimum atomic E-state index is -1.23. The zero-order valence-corrected chi connectivity index (χ0v) is 12.1. The smallest absolute Gasteiger partial charge is 0.341 e. The van der Waals surface area contributed by atoms with Crippen LogP contribution in [-0.2, 0) is 0 Å². The molecule has 2 heterocycles. The van der Waals surface area contributed by atoms with E-state index >= 15 is 0 Å². The highest BCUT2D eigenvalue weighted by atomic mass is 35.5. The van der Waals surface area contributed by atoms with Gasteiger partial charge in [0.2, 0.25) is 5.43 Å². The minimum Gasteiger partial charge on any atom is -0.477 e. The molecular formula is C13H12Cl2N2O3. The molecule has 7 heteroatoms. The summed E-state index contributed by atoms with van der Waals surface area (Å²) < 4.78 is 3.08. The van der Waals surface area contributed by atoms with Gasteiger partial charge in [-0.1, -0.05) is 11.6 Å². The van der Waals surface area contributed by atoms with Gasteiger partial charge in [0, 0.05) is 29.7 Å². The molecule has 2 aliphatic rings. The Labute approximate surface area is 124 Å². The summed E-state index contributed by atoms with van der Waals surface area (Å²) in [7, 11) is 0. The number of carboxylic acid groups (broad SMARTS) is 1. The number of nitrogens with zero attached hydrogens (tertiary/aromatic N) is 2. The van der Waals surface area contributed by atoms with Gasteiger partial charge in [0.15, 0.2) is 0 Å². The maximum atomic E-state index is 12.3. The van der Waals surface area contributed by atoms with Gasteiger partial charge >= 0.3 is 5.97 Å². The number of rotatable bonds is 2. The lowest BCUT2D eigenvalue weighted by Crippen LogP contribution is -2.53. The standard InChI is InChI=1S/C13H12Cl2N2O3/c1-6-11-9(4-10(14)17(6)15)16(7-2-3-7)5-8(12(11)18)13(19)20/h4-5,7,10H,2-3H2,1H3,(H,19,20). The number of pyridine rings is 1. The van der Waals surface area contributed by atoms with Crippen molar-refractivity contribution in [2.24, 2.45) is 0 Å². The molecule has 1 unspecified atom stereocenters. The fourth-order valence-electron chi connectivity index (χ4n) is 2.46. The summed E-state index contributed by atoms with van der Waals surface area (Å²) in [6.45, 7) is 1.67. The molecule has 1 aliphatic heterocycles. The first-order chi connectivity index (χ1) is 9.41. The molecule has 0 amide bonds. The van der Waals surface area contributed by atoms with E-state index in [2.05, 4.69) is 0 Å². The molecule has 0 spiro atoms. The van der Waals surface area contributed by atoms with Gasteiger partial charge in [-0.3, -0.25) is 9.21 Å². The van der Waals surface area contributed by atoms with Gasteiger partial charge in [-0.25, -0.2) is 4.79 Å². The fraction of sp³-hybridized carbons (Fsp3) is 0.385. The molecule has 20 heavy (non-hydrogen) atoms. The fourth-order valence-corrected chi connectivity index (χ4v) is 2.87. The highest BCUT2D eigenvalue weighted by Crippen LogP contribution is 2.33. The molecule has 0 radical (unpaired) electrons. The van der Waals surface area contributed by atoms with Gasteiger partial charge in [0.25, 0.3) is 0 Å². The van der Waals surface area contributed by atoms with Crippen molar-refractivity contribution in [3.05, 3.63) is 32.6 Å². The molecule has 0 saturated heterocycles. The Hall–Kier alpha value is -1.46. The lowest BCUT2D eigenvalue weighted by atomic mass is 10.1. The number of aromatic carboxylic acids is 1. The van der Waals surface area contributed by atoms with Gasteiger partial charge < -0.3 is 9.67 Å². The van der Waals surface area contributed by atoms with E-state index in [9.17, 15) is 14.7 Å². The largest absolute Gasteiger partial charge is 0.477 e. The molecule has 1 aromatic rings. The number of carboxylic acids is 1. The summed E-state index contributed by atoms with van der Waals surface area (Å²) in [5.74, 6) is -1.23. The van der Waals surface area contributed by atoms with E-state index in [1.54, 1.807) is 13.0 Å². The SMILES string of the molecule is CC1=c2c(=O)c(C(=O)O)cn(C3CC3)c2=CC(Cl)N1Cl. The van der Waals surface area contributed by atoms with E-state index < -0.39 is 16.9 Å².